The molecule has 1 amide bonds. The van der Waals surface area contributed by atoms with Crippen molar-refractivity contribution in [2.24, 2.45) is 5.92 Å². The van der Waals surface area contributed by atoms with Crippen molar-refractivity contribution in [3.63, 3.8) is 0 Å². The van der Waals surface area contributed by atoms with E-state index in [1.807, 2.05) is 24.8 Å². The highest BCUT2D eigenvalue weighted by Gasteiger charge is 2.22. The molecule has 2 heterocycles. The average Bonchev–Trinajstić information content (AvgIpc) is 2.62. The molecule has 0 unspecified atom stereocenters. The van der Waals surface area contributed by atoms with Crippen LogP contribution in [0.2, 0.25) is 0 Å². The Kier molecular flexibility index (Phi) is 7.28. The van der Waals surface area contributed by atoms with E-state index >= 15 is 0 Å². The molecule has 0 saturated carbocycles. The number of nitrogens with zero attached hydrogens (tertiary/aromatic N) is 4. The van der Waals surface area contributed by atoms with Crippen LogP contribution in [0.25, 0.3) is 0 Å². The zero-order valence-electron chi connectivity index (χ0n) is 15.3. The molecule has 24 heavy (non-hydrogen) atoms. The maximum atomic E-state index is 12.1. The van der Waals surface area contributed by atoms with Crippen LogP contribution in [0.4, 0.5) is 11.6 Å². The predicted octanol–water partition coefficient (Wildman–Crippen LogP) is 2.77. The molecule has 1 fully saturated rings. The number of hydrogen-bond acceptors (Lipinski definition) is 5. The number of rotatable bonds is 8. The lowest BCUT2D eigenvalue weighted by molar-refractivity contribution is -0.131. The Hall–Kier alpha value is -1.85. The zero-order valence-corrected chi connectivity index (χ0v) is 15.3. The zero-order chi connectivity index (χ0) is 17.4. The fourth-order valence-corrected chi connectivity index (χ4v) is 3.31. The minimum Gasteiger partial charge on any atom is -0.370 e. The summed E-state index contributed by atoms with van der Waals surface area (Å²) in [7, 11) is 0. The second-order valence-electron chi connectivity index (χ2n) is 6.33. The summed E-state index contributed by atoms with van der Waals surface area (Å²) in [5, 5.41) is 3.23. The van der Waals surface area contributed by atoms with Crippen LogP contribution in [0.1, 0.15) is 46.5 Å². The Balaban J connectivity index is 1.79. The molecule has 0 aliphatic carbocycles. The molecular formula is C18H31N5O. The molecule has 134 valence electrons. The largest absolute Gasteiger partial charge is 0.370 e. The number of amides is 1. The Bertz CT molecular complexity index is 510. The Morgan fingerprint density at radius 3 is 2.58 bits per heavy atom. The van der Waals surface area contributed by atoms with Crippen LogP contribution in [0.15, 0.2) is 12.4 Å². The Morgan fingerprint density at radius 1 is 1.25 bits per heavy atom. The number of piperidine rings is 1. The van der Waals surface area contributed by atoms with Crippen molar-refractivity contribution in [3.8, 4) is 0 Å². The highest BCUT2D eigenvalue weighted by atomic mass is 16.2. The van der Waals surface area contributed by atoms with Gasteiger partial charge in [-0.2, -0.15) is 0 Å². The molecule has 1 saturated heterocycles. The maximum Gasteiger partial charge on any atom is 0.222 e. The third-order valence-electron chi connectivity index (χ3n) is 4.83. The summed E-state index contributed by atoms with van der Waals surface area (Å²) < 4.78 is 0. The van der Waals surface area contributed by atoms with Gasteiger partial charge in [0.15, 0.2) is 0 Å². The van der Waals surface area contributed by atoms with E-state index in [-0.39, 0.29) is 0 Å². The van der Waals surface area contributed by atoms with Crippen molar-refractivity contribution in [2.75, 3.05) is 42.9 Å². The number of anilines is 2. The van der Waals surface area contributed by atoms with Crippen LogP contribution in [-0.2, 0) is 4.79 Å². The number of carbonyl (C=O) groups excluding carboxylic acids is 1. The lowest BCUT2D eigenvalue weighted by atomic mass is 9.92. The van der Waals surface area contributed by atoms with Gasteiger partial charge in [0.2, 0.25) is 5.91 Å². The molecule has 0 spiro atoms. The average molecular weight is 333 g/mol. The molecule has 1 N–H and O–H groups in total. The van der Waals surface area contributed by atoms with Gasteiger partial charge in [-0.3, -0.25) is 4.79 Å². The van der Waals surface area contributed by atoms with E-state index in [9.17, 15) is 4.79 Å². The highest BCUT2D eigenvalue weighted by molar-refractivity contribution is 5.76. The molecular weight excluding hydrogens is 302 g/mol. The first-order chi connectivity index (χ1) is 11.7. The summed E-state index contributed by atoms with van der Waals surface area (Å²) in [6.07, 6.45) is 5.58. The van der Waals surface area contributed by atoms with E-state index in [4.69, 9.17) is 0 Å². The molecule has 0 aromatic carbocycles. The van der Waals surface area contributed by atoms with Crippen molar-refractivity contribution in [1.29, 1.82) is 0 Å². The number of nitrogens with one attached hydrogen (secondary N) is 1. The van der Waals surface area contributed by atoms with Crippen LogP contribution in [0.5, 0.6) is 0 Å². The third-order valence-corrected chi connectivity index (χ3v) is 4.83. The van der Waals surface area contributed by atoms with E-state index in [0.717, 1.165) is 63.6 Å². The summed E-state index contributed by atoms with van der Waals surface area (Å²) >= 11 is 0. The first-order valence-electron chi connectivity index (χ1n) is 9.26. The normalized spacial score (nSPS) is 15.4. The van der Waals surface area contributed by atoms with Crippen molar-refractivity contribution in [1.82, 2.24) is 14.9 Å². The summed E-state index contributed by atoms with van der Waals surface area (Å²) in [6.45, 7) is 10.7. The minimum atomic E-state index is 0.300. The Morgan fingerprint density at radius 2 is 1.96 bits per heavy atom. The fourth-order valence-electron chi connectivity index (χ4n) is 3.31. The second-order valence-corrected chi connectivity index (χ2v) is 6.33. The quantitative estimate of drug-likeness (QED) is 0.792. The minimum absolute atomic E-state index is 0.300. The molecule has 0 radical (unpaired) electrons. The second kappa shape index (κ2) is 9.45. The van der Waals surface area contributed by atoms with E-state index in [2.05, 4.69) is 27.1 Å². The summed E-state index contributed by atoms with van der Waals surface area (Å²) in [6, 6.07) is 2.02. The number of carbonyl (C=O) groups is 1. The van der Waals surface area contributed by atoms with Gasteiger partial charge in [-0.25, -0.2) is 9.97 Å². The van der Waals surface area contributed by atoms with E-state index < -0.39 is 0 Å². The highest BCUT2D eigenvalue weighted by Crippen LogP contribution is 2.26. The van der Waals surface area contributed by atoms with Crippen molar-refractivity contribution >= 4 is 17.5 Å². The fraction of sp³-hybridized carbons (Fsp3) is 0.722. The van der Waals surface area contributed by atoms with Gasteiger partial charge in [0.1, 0.15) is 18.0 Å². The predicted molar refractivity (Wildman–Crippen MR) is 98.3 cm³/mol. The van der Waals surface area contributed by atoms with Gasteiger partial charge < -0.3 is 15.1 Å². The van der Waals surface area contributed by atoms with E-state index in [1.54, 1.807) is 6.33 Å². The topological polar surface area (TPSA) is 61.4 Å². The monoisotopic (exact) mass is 333 g/mol. The molecule has 2 rings (SSSR count). The van der Waals surface area contributed by atoms with Crippen LogP contribution < -0.4 is 10.2 Å². The molecule has 6 heteroatoms. The summed E-state index contributed by atoms with van der Waals surface area (Å²) in [5.74, 6) is 2.83. The first kappa shape index (κ1) is 18.5. The lowest BCUT2D eigenvalue weighted by Crippen LogP contribution is -2.35. The van der Waals surface area contributed by atoms with Gasteiger partial charge in [-0.1, -0.05) is 0 Å². The standard InChI is InChI=1S/C18H31N5O/c1-4-19-16-13-17(21-14-20-16)23-11-9-15(10-12-23)7-8-18(24)22(5-2)6-3/h13-15H,4-12H2,1-3H3,(H,19,20,21). The lowest BCUT2D eigenvalue weighted by Gasteiger charge is -2.33. The smallest absolute Gasteiger partial charge is 0.222 e. The van der Waals surface area contributed by atoms with Crippen LogP contribution >= 0.6 is 0 Å². The van der Waals surface area contributed by atoms with Crippen LogP contribution in [0.3, 0.4) is 0 Å². The van der Waals surface area contributed by atoms with Crippen LogP contribution in [0, 0.1) is 5.92 Å². The molecule has 1 aromatic heterocycles. The van der Waals surface area contributed by atoms with Crippen molar-refractivity contribution < 1.29 is 4.79 Å². The van der Waals surface area contributed by atoms with E-state index in [1.165, 1.54) is 0 Å². The molecule has 1 aliphatic heterocycles. The van der Waals surface area contributed by atoms with Crippen molar-refractivity contribution in [2.45, 2.75) is 46.5 Å². The SMILES string of the molecule is CCNc1cc(N2CCC(CCC(=O)N(CC)CC)CC2)ncn1. The number of aromatic nitrogens is 2. The van der Waals surface area contributed by atoms with E-state index in [0.29, 0.717) is 18.2 Å². The van der Waals surface area contributed by atoms with Crippen molar-refractivity contribution in [3.05, 3.63) is 12.4 Å². The van der Waals surface area contributed by atoms with Gasteiger partial charge in [0.25, 0.3) is 0 Å². The van der Waals surface area contributed by atoms with Gasteiger partial charge in [-0.05, 0) is 46.0 Å². The molecule has 1 aliphatic rings. The van der Waals surface area contributed by atoms with Gasteiger partial charge in [0, 0.05) is 45.2 Å². The van der Waals surface area contributed by atoms with Crippen LogP contribution in [-0.4, -0.2) is 53.5 Å². The first-order valence-corrected chi connectivity index (χ1v) is 9.26. The number of hydrogen-bond donors (Lipinski definition) is 1. The summed E-state index contributed by atoms with van der Waals surface area (Å²) in [4.78, 5) is 25.0. The maximum absolute atomic E-state index is 12.1. The Labute approximate surface area is 145 Å². The molecule has 1 aromatic rings. The summed E-state index contributed by atoms with van der Waals surface area (Å²) in [5.41, 5.74) is 0. The molecule has 0 atom stereocenters. The molecule has 0 bridgehead atoms. The van der Waals surface area contributed by atoms with Gasteiger partial charge in [0.05, 0.1) is 0 Å². The van der Waals surface area contributed by atoms with Gasteiger partial charge >= 0.3 is 0 Å². The third kappa shape index (κ3) is 5.08. The molecule has 6 nitrogen and oxygen atoms in total. The van der Waals surface area contributed by atoms with Gasteiger partial charge in [-0.15, -0.1) is 0 Å².